The number of piperazine rings is 1. The SMILES string of the molecule is CCn1cc(C(=O)O)c(=O)c2cc(F)c(N3CCN(C(=O)OCc4ccc(NCC(C)c5n[nH]c([C@@H](NC(=O)OCc6ccccc6)C(C)C)n5)cc4)CC3)cc21. The number of fused-ring (bicyclic) bond motifs is 1. The predicted octanol–water partition coefficient (Wildman–Crippen LogP) is 6.27. The molecule has 6 rings (SSSR count). The van der Waals surface area contributed by atoms with Crippen LogP contribution in [0.4, 0.5) is 25.4 Å². The average Bonchev–Trinajstić information content (AvgIpc) is 3.71. The number of carbonyl (C=O) groups excluding carboxylic acids is 2. The van der Waals surface area contributed by atoms with Gasteiger partial charge in [0, 0.05) is 62.5 Å². The summed E-state index contributed by atoms with van der Waals surface area (Å²) in [4.78, 5) is 57.8. The number of alkyl carbamates (subject to hydrolysis) is 1. The largest absolute Gasteiger partial charge is 0.477 e. The Morgan fingerprint density at radius 1 is 0.947 bits per heavy atom. The molecule has 0 bridgehead atoms. The number of carboxylic acids is 1. The van der Waals surface area contributed by atoms with Crippen molar-refractivity contribution < 1.29 is 33.4 Å². The highest BCUT2D eigenvalue weighted by Crippen LogP contribution is 2.27. The number of aryl methyl sites for hydroxylation is 1. The maximum absolute atomic E-state index is 15.3. The van der Waals surface area contributed by atoms with Crippen LogP contribution in [0.1, 0.15) is 72.8 Å². The van der Waals surface area contributed by atoms with Crippen molar-refractivity contribution in [2.45, 2.75) is 59.4 Å². The van der Waals surface area contributed by atoms with Crippen LogP contribution in [-0.4, -0.2) is 80.6 Å². The number of hydrogen-bond acceptors (Lipinski definition) is 10. The van der Waals surface area contributed by atoms with Gasteiger partial charge in [0.1, 0.15) is 30.4 Å². The van der Waals surface area contributed by atoms with Crippen molar-refractivity contribution in [2.75, 3.05) is 42.9 Å². The molecule has 0 radical (unpaired) electrons. The van der Waals surface area contributed by atoms with Crippen LogP contribution in [-0.2, 0) is 29.2 Å². The second-order valence-electron chi connectivity index (χ2n) is 14.3. The summed E-state index contributed by atoms with van der Waals surface area (Å²) in [5.41, 5.74) is 2.14. The molecule has 0 aliphatic carbocycles. The molecule has 1 saturated heterocycles. The number of nitrogens with zero attached hydrogens (tertiary/aromatic N) is 5. The molecule has 0 spiro atoms. The summed E-state index contributed by atoms with van der Waals surface area (Å²) in [6.07, 6.45) is 0.267. The normalized spacial score (nSPS) is 14.0. The van der Waals surface area contributed by atoms with Gasteiger partial charge < -0.3 is 39.6 Å². The zero-order valence-corrected chi connectivity index (χ0v) is 32.3. The molecule has 3 aromatic carbocycles. The second-order valence-corrected chi connectivity index (χ2v) is 14.3. The summed E-state index contributed by atoms with van der Waals surface area (Å²) in [5, 5.41) is 23.1. The Hall–Kier alpha value is -6.45. The van der Waals surface area contributed by atoms with E-state index >= 15 is 4.39 Å². The Labute approximate surface area is 328 Å². The van der Waals surface area contributed by atoms with Crippen LogP contribution >= 0.6 is 0 Å². The lowest BCUT2D eigenvalue weighted by atomic mass is 10.0. The highest BCUT2D eigenvalue weighted by atomic mass is 19.1. The molecule has 1 aliphatic rings. The molecule has 0 saturated carbocycles. The van der Waals surface area contributed by atoms with Crippen molar-refractivity contribution in [1.82, 2.24) is 30.0 Å². The van der Waals surface area contributed by atoms with Crippen LogP contribution in [0.15, 0.2) is 77.7 Å². The molecule has 15 nitrogen and oxygen atoms in total. The molecule has 1 fully saturated rings. The number of aromatic carboxylic acids is 1. The van der Waals surface area contributed by atoms with Gasteiger partial charge in [0.15, 0.2) is 5.82 Å². The minimum absolute atomic E-state index is 0.00452. The number of benzene rings is 3. The summed E-state index contributed by atoms with van der Waals surface area (Å²) >= 11 is 0. The van der Waals surface area contributed by atoms with Gasteiger partial charge in [-0.3, -0.25) is 9.89 Å². The van der Waals surface area contributed by atoms with Crippen molar-refractivity contribution in [3.63, 3.8) is 0 Å². The fraction of sp³-hybridized carbons (Fsp3) is 0.366. The number of rotatable bonds is 14. The van der Waals surface area contributed by atoms with Crippen LogP contribution in [0, 0.1) is 11.7 Å². The fourth-order valence-corrected chi connectivity index (χ4v) is 6.59. The van der Waals surface area contributed by atoms with Gasteiger partial charge in [-0.25, -0.2) is 23.8 Å². The van der Waals surface area contributed by atoms with Gasteiger partial charge in [-0.05, 0) is 48.2 Å². The molecule has 57 heavy (non-hydrogen) atoms. The molecule has 1 unspecified atom stereocenters. The topological polar surface area (TPSA) is 184 Å². The first kappa shape index (κ1) is 40.2. The van der Waals surface area contributed by atoms with E-state index < -0.39 is 41.0 Å². The van der Waals surface area contributed by atoms with E-state index in [2.05, 4.69) is 25.8 Å². The minimum atomic E-state index is -1.36. The number of anilines is 2. The summed E-state index contributed by atoms with van der Waals surface area (Å²) < 4.78 is 27.9. The van der Waals surface area contributed by atoms with E-state index in [1.54, 1.807) is 20.4 Å². The lowest BCUT2D eigenvalue weighted by Crippen LogP contribution is -2.49. The van der Waals surface area contributed by atoms with E-state index in [1.165, 1.54) is 6.20 Å². The van der Waals surface area contributed by atoms with E-state index in [0.29, 0.717) is 56.4 Å². The summed E-state index contributed by atoms with van der Waals surface area (Å²) in [6, 6.07) is 19.2. The van der Waals surface area contributed by atoms with Gasteiger partial charge in [-0.15, -0.1) is 0 Å². The van der Waals surface area contributed by atoms with Gasteiger partial charge in [0.05, 0.1) is 17.2 Å². The Kier molecular flexibility index (Phi) is 12.7. The fourth-order valence-electron chi connectivity index (χ4n) is 6.59. The Balaban J connectivity index is 0.955. The zero-order chi connectivity index (χ0) is 40.6. The molecule has 5 aromatic rings. The van der Waals surface area contributed by atoms with Crippen LogP contribution in [0.5, 0.6) is 0 Å². The number of aromatic amines is 1. The van der Waals surface area contributed by atoms with Crippen molar-refractivity contribution >= 4 is 40.4 Å². The Bertz CT molecular complexity index is 2250. The smallest absolute Gasteiger partial charge is 0.410 e. The summed E-state index contributed by atoms with van der Waals surface area (Å²) in [6.45, 7) is 10.2. The zero-order valence-electron chi connectivity index (χ0n) is 32.3. The van der Waals surface area contributed by atoms with E-state index in [0.717, 1.165) is 22.9 Å². The van der Waals surface area contributed by atoms with E-state index in [9.17, 15) is 24.3 Å². The van der Waals surface area contributed by atoms with E-state index in [4.69, 9.17) is 9.47 Å². The van der Waals surface area contributed by atoms with Gasteiger partial charge in [0.2, 0.25) is 5.43 Å². The maximum Gasteiger partial charge on any atom is 0.410 e. The van der Waals surface area contributed by atoms with Gasteiger partial charge in [-0.1, -0.05) is 63.2 Å². The first-order chi connectivity index (χ1) is 27.4. The lowest BCUT2D eigenvalue weighted by Gasteiger charge is -2.35. The molecular weight excluding hydrogens is 735 g/mol. The lowest BCUT2D eigenvalue weighted by molar-refractivity contribution is 0.0694. The first-order valence-corrected chi connectivity index (χ1v) is 18.9. The molecule has 1 aliphatic heterocycles. The van der Waals surface area contributed by atoms with Crippen LogP contribution < -0.4 is 21.0 Å². The van der Waals surface area contributed by atoms with Gasteiger partial charge in [0.25, 0.3) is 0 Å². The number of ether oxygens (including phenoxy) is 2. The number of pyridine rings is 1. The molecule has 3 heterocycles. The second kappa shape index (κ2) is 18.0. The quantitative estimate of drug-likeness (QED) is 0.0995. The van der Waals surface area contributed by atoms with Crippen LogP contribution in [0.3, 0.4) is 0 Å². The van der Waals surface area contributed by atoms with E-state index in [-0.39, 0.29) is 36.1 Å². The third kappa shape index (κ3) is 9.69. The highest BCUT2D eigenvalue weighted by Gasteiger charge is 2.27. The standard InChI is InChI=1S/C41H47FN8O7/c1-5-48-22-31(39(52)53)36(51)30-19-32(42)34(20-33(30)48)49-15-17-50(18-16-49)41(55)57-24-28-11-13-29(14-12-28)43-21-26(4)37-45-38(47-46-37)35(25(2)3)44-40(54)56-23-27-9-7-6-8-10-27/h6-14,19-20,22,25-26,35,43H,5,15-18,21,23-24H2,1-4H3,(H,44,54)(H,52,53)(H,45,46,47)/t26?,35-/m0/s1. The number of carboxylic acid groups (broad SMARTS) is 1. The Morgan fingerprint density at radius 3 is 2.30 bits per heavy atom. The van der Waals surface area contributed by atoms with Gasteiger partial charge >= 0.3 is 18.2 Å². The highest BCUT2D eigenvalue weighted by molar-refractivity contribution is 5.93. The van der Waals surface area contributed by atoms with Gasteiger partial charge in [-0.2, -0.15) is 5.10 Å². The third-order valence-electron chi connectivity index (χ3n) is 9.94. The van der Waals surface area contributed by atoms with Crippen molar-refractivity contribution in [1.29, 1.82) is 0 Å². The summed E-state index contributed by atoms with van der Waals surface area (Å²) in [7, 11) is 0. The van der Waals surface area contributed by atoms with Crippen molar-refractivity contribution in [3.05, 3.63) is 117 Å². The number of H-pyrrole nitrogens is 1. The molecule has 2 amide bonds. The molecule has 2 aromatic heterocycles. The number of nitrogens with one attached hydrogen (secondary N) is 3. The minimum Gasteiger partial charge on any atom is -0.477 e. The number of aromatic nitrogens is 4. The van der Waals surface area contributed by atoms with Crippen LogP contribution in [0.25, 0.3) is 10.9 Å². The number of hydrogen-bond donors (Lipinski definition) is 4. The number of carbonyl (C=O) groups is 3. The average molecular weight is 783 g/mol. The molecule has 300 valence electrons. The number of halogens is 1. The monoisotopic (exact) mass is 782 g/mol. The van der Waals surface area contributed by atoms with Crippen molar-refractivity contribution in [3.8, 4) is 0 Å². The number of amides is 2. The molecule has 2 atom stereocenters. The van der Waals surface area contributed by atoms with Crippen molar-refractivity contribution in [2.24, 2.45) is 5.92 Å². The van der Waals surface area contributed by atoms with E-state index in [1.807, 2.05) is 82.3 Å². The first-order valence-electron chi connectivity index (χ1n) is 18.9. The molecular formula is C41H47FN8O7. The van der Waals surface area contributed by atoms with Crippen LogP contribution in [0.2, 0.25) is 0 Å². The molecule has 4 N–H and O–H groups in total. The Morgan fingerprint density at radius 2 is 1.63 bits per heavy atom. The summed E-state index contributed by atoms with van der Waals surface area (Å²) in [5.74, 6) is -0.874. The maximum atomic E-state index is 15.3. The molecule has 16 heteroatoms. The predicted molar refractivity (Wildman–Crippen MR) is 212 cm³/mol. The third-order valence-corrected chi connectivity index (χ3v) is 9.94.